The van der Waals surface area contributed by atoms with Gasteiger partial charge in [0.05, 0.1) is 6.61 Å². The summed E-state index contributed by atoms with van der Waals surface area (Å²) >= 11 is 0. The Hall–Kier alpha value is -0.790. The van der Waals surface area contributed by atoms with Crippen molar-refractivity contribution in [2.24, 2.45) is 0 Å². The molecule has 2 heteroatoms. The minimum absolute atomic E-state index is 0.214. The first kappa shape index (κ1) is 17.2. The summed E-state index contributed by atoms with van der Waals surface area (Å²) in [7, 11) is 0. The lowest BCUT2D eigenvalue weighted by atomic mass is 10.1. The molecule has 0 atom stereocenters. The van der Waals surface area contributed by atoms with Crippen LogP contribution in [0.15, 0.2) is 12.2 Å². The zero-order valence-corrected chi connectivity index (χ0v) is 12.2. The molecule has 0 aliphatic heterocycles. The third-order valence-corrected chi connectivity index (χ3v) is 3.04. The molecule has 0 aliphatic rings. The Morgan fingerprint density at radius 3 is 1.89 bits per heavy atom. The molecule has 0 aromatic carbocycles. The molecule has 0 aromatic heterocycles. The van der Waals surface area contributed by atoms with Gasteiger partial charge in [0.25, 0.3) is 0 Å². The molecule has 0 aromatic rings. The van der Waals surface area contributed by atoms with Crippen molar-refractivity contribution in [2.75, 3.05) is 6.61 Å². The van der Waals surface area contributed by atoms with Crippen LogP contribution in [0.1, 0.15) is 78.1 Å². The summed E-state index contributed by atoms with van der Waals surface area (Å²) in [5, 5.41) is 0. The smallest absolute Gasteiger partial charge is 0.330 e. The van der Waals surface area contributed by atoms with Gasteiger partial charge < -0.3 is 4.74 Å². The molecule has 18 heavy (non-hydrogen) atoms. The van der Waals surface area contributed by atoms with Gasteiger partial charge in [-0.3, -0.25) is 0 Å². The van der Waals surface area contributed by atoms with E-state index in [1.807, 2.05) is 6.92 Å². The normalized spacial score (nSPS) is 11.0. The summed E-state index contributed by atoms with van der Waals surface area (Å²) in [6, 6.07) is 0. The first-order valence-corrected chi connectivity index (χ1v) is 7.60. The van der Waals surface area contributed by atoms with Crippen LogP contribution in [-0.2, 0) is 9.53 Å². The van der Waals surface area contributed by atoms with E-state index in [2.05, 4.69) is 6.92 Å². The fraction of sp³-hybridized carbons (Fsp3) is 0.812. The Bertz CT molecular complexity index is 209. The standard InChI is InChI=1S/C16H30O2/c1-3-5-6-7-8-9-10-11-12-13-15-18-16(17)14-4-2/h4,14H,3,5-13,15H2,1-2H3/b14-4+. The van der Waals surface area contributed by atoms with Gasteiger partial charge in [0.2, 0.25) is 0 Å². The Balaban J connectivity index is 3.05. The van der Waals surface area contributed by atoms with Gasteiger partial charge in [-0.05, 0) is 13.3 Å². The number of allylic oxidation sites excluding steroid dienone is 1. The predicted molar refractivity (Wildman–Crippen MR) is 77.6 cm³/mol. The highest BCUT2D eigenvalue weighted by molar-refractivity contribution is 5.81. The molecule has 0 fully saturated rings. The molecular weight excluding hydrogens is 224 g/mol. The molecule has 2 nitrogen and oxygen atoms in total. The summed E-state index contributed by atoms with van der Waals surface area (Å²) in [5.74, 6) is -0.214. The molecule has 0 rings (SSSR count). The number of ether oxygens (including phenoxy) is 1. The highest BCUT2D eigenvalue weighted by Gasteiger charge is 1.96. The number of hydrogen-bond acceptors (Lipinski definition) is 2. The van der Waals surface area contributed by atoms with Crippen LogP contribution in [0.3, 0.4) is 0 Å². The number of carbonyl (C=O) groups excluding carboxylic acids is 1. The molecule has 0 bridgehead atoms. The first-order chi connectivity index (χ1) is 8.81. The van der Waals surface area contributed by atoms with Crippen molar-refractivity contribution in [2.45, 2.75) is 78.1 Å². The van der Waals surface area contributed by atoms with Gasteiger partial charge >= 0.3 is 5.97 Å². The lowest BCUT2D eigenvalue weighted by molar-refractivity contribution is -0.137. The van der Waals surface area contributed by atoms with Gasteiger partial charge in [-0.15, -0.1) is 0 Å². The summed E-state index contributed by atoms with van der Waals surface area (Å²) in [6.07, 6.45) is 16.2. The van der Waals surface area contributed by atoms with E-state index in [9.17, 15) is 4.79 Å². The summed E-state index contributed by atoms with van der Waals surface area (Å²) in [4.78, 5) is 11.0. The van der Waals surface area contributed by atoms with Gasteiger partial charge in [0.15, 0.2) is 0 Å². The number of rotatable bonds is 12. The number of carbonyl (C=O) groups is 1. The fourth-order valence-corrected chi connectivity index (χ4v) is 1.95. The molecule has 0 unspecified atom stereocenters. The molecular formula is C16H30O2. The zero-order valence-electron chi connectivity index (χ0n) is 12.2. The maximum Gasteiger partial charge on any atom is 0.330 e. The SMILES string of the molecule is C/C=C/C(=O)OCCCCCCCCCCCC. The van der Waals surface area contributed by atoms with E-state index in [1.165, 1.54) is 63.9 Å². The van der Waals surface area contributed by atoms with Crippen molar-refractivity contribution in [3.05, 3.63) is 12.2 Å². The van der Waals surface area contributed by atoms with Crippen molar-refractivity contribution in [3.63, 3.8) is 0 Å². The van der Waals surface area contributed by atoms with Gasteiger partial charge in [0.1, 0.15) is 0 Å². The lowest BCUT2D eigenvalue weighted by Crippen LogP contribution is -2.01. The molecule has 0 amide bonds. The second-order valence-electron chi connectivity index (χ2n) is 4.85. The average molecular weight is 254 g/mol. The van der Waals surface area contributed by atoms with Crippen molar-refractivity contribution in [1.82, 2.24) is 0 Å². The largest absolute Gasteiger partial charge is 0.463 e. The van der Waals surface area contributed by atoms with E-state index in [0.717, 1.165) is 6.42 Å². The van der Waals surface area contributed by atoms with Crippen LogP contribution in [0.2, 0.25) is 0 Å². The minimum Gasteiger partial charge on any atom is -0.463 e. The van der Waals surface area contributed by atoms with E-state index in [4.69, 9.17) is 4.74 Å². The summed E-state index contributed by atoms with van der Waals surface area (Å²) in [6.45, 7) is 4.64. The maximum absolute atomic E-state index is 11.0. The Kier molecular flexibility index (Phi) is 13.6. The van der Waals surface area contributed by atoms with E-state index >= 15 is 0 Å². The summed E-state index contributed by atoms with van der Waals surface area (Å²) in [5.41, 5.74) is 0. The van der Waals surface area contributed by atoms with Crippen LogP contribution in [0, 0.1) is 0 Å². The minimum atomic E-state index is -0.214. The molecule has 0 heterocycles. The molecule has 0 N–H and O–H groups in total. The summed E-state index contributed by atoms with van der Waals surface area (Å²) < 4.78 is 5.03. The van der Waals surface area contributed by atoms with Crippen LogP contribution in [-0.4, -0.2) is 12.6 Å². The van der Waals surface area contributed by atoms with E-state index in [0.29, 0.717) is 6.61 Å². The Morgan fingerprint density at radius 1 is 0.889 bits per heavy atom. The monoisotopic (exact) mass is 254 g/mol. The van der Waals surface area contributed by atoms with E-state index in [-0.39, 0.29) is 5.97 Å². The van der Waals surface area contributed by atoms with Crippen molar-refractivity contribution < 1.29 is 9.53 Å². The Morgan fingerprint density at radius 2 is 1.39 bits per heavy atom. The molecule has 0 aliphatic carbocycles. The molecule has 0 spiro atoms. The highest BCUT2D eigenvalue weighted by Crippen LogP contribution is 2.10. The molecule has 106 valence electrons. The number of esters is 1. The van der Waals surface area contributed by atoms with Crippen LogP contribution in [0.25, 0.3) is 0 Å². The average Bonchev–Trinajstić information content (AvgIpc) is 2.36. The molecule has 0 saturated heterocycles. The second-order valence-corrected chi connectivity index (χ2v) is 4.85. The Labute approximate surface area is 113 Å². The van der Waals surface area contributed by atoms with Gasteiger partial charge in [-0.1, -0.05) is 70.8 Å². The van der Waals surface area contributed by atoms with Gasteiger partial charge in [-0.2, -0.15) is 0 Å². The zero-order chi connectivity index (χ0) is 13.5. The van der Waals surface area contributed by atoms with E-state index in [1.54, 1.807) is 6.08 Å². The van der Waals surface area contributed by atoms with Gasteiger partial charge in [-0.25, -0.2) is 4.79 Å². The highest BCUT2D eigenvalue weighted by atomic mass is 16.5. The van der Waals surface area contributed by atoms with Crippen molar-refractivity contribution >= 4 is 5.97 Å². The van der Waals surface area contributed by atoms with Gasteiger partial charge in [0, 0.05) is 6.08 Å². The molecule has 0 radical (unpaired) electrons. The number of unbranched alkanes of at least 4 members (excludes halogenated alkanes) is 9. The third kappa shape index (κ3) is 13.3. The topological polar surface area (TPSA) is 26.3 Å². The maximum atomic E-state index is 11.0. The third-order valence-electron chi connectivity index (χ3n) is 3.04. The first-order valence-electron chi connectivity index (χ1n) is 7.60. The van der Waals surface area contributed by atoms with Crippen LogP contribution < -0.4 is 0 Å². The quantitative estimate of drug-likeness (QED) is 0.277. The van der Waals surface area contributed by atoms with Crippen LogP contribution in [0.5, 0.6) is 0 Å². The van der Waals surface area contributed by atoms with Crippen LogP contribution >= 0.6 is 0 Å². The lowest BCUT2D eigenvalue weighted by Gasteiger charge is -2.03. The van der Waals surface area contributed by atoms with Crippen LogP contribution in [0.4, 0.5) is 0 Å². The molecule has 0 saturated carbocycles. The predicted octanol–water partition coefficient (Wildman–Crippen LogP) is 5.03. The number of hydrogen-bond donors (Lipinski definition) is 0. The fourth-order valence-electron chi connectivity index (χ4n) is 1.95. The second kappa shape index (κ2) is 14.3. The van der Waals surface area contributed by atoms with E-state index < -0.39 is 0 Å². The van der Waals surface area contributed by atoms with Crippen molar-refractivity contribution in [3.8, 4) is 0 Å². The van der Waals surface area contributed by atoms with Crippen molar-refractivity contribution in [1.29, 1.82) is 0 Å².